The van der Waals surface area contributed by atoms with Crippen LogP contribution in [0.4, 0.5) is 17.5 Å². The summed E-state index contributed by atoms with van der Waals surface area (Å²) in [5.41, 5.74) is 0.916. The molecule has 1 N–H and O–H groups in total. The lowest BCUT2D eigenvalue weighted by atomic mass is 10.2. The number of morpholine rings is 1. The molecule has 0 aromatic carbocycles. The van der Waals surface area contributed by atoms with E-state index in [2.05, 4.69) is 25.3 Å². The van der Waals surface area contributed by atoms with Crippen LogP contribution in [0.25, 0.3) is 0 Å². The van der Waals surface area contributed by atoms with Gasteiger partial charge in [-0.05, 0) is 6.92 Å². The first-order valence-corrected chi connectivity index (χ1v) is 7.66. The van der Waals surface area contributed by atoms with Crippen molar-refractivity contribution in [3.05, 3.63) is 23.7 Å². The van der Waals surface area contributed by atoms with Crippen LogP contribution in [-0.4, -0.2) is 61.4 Å². The Morgan fingerprint density at radius 1 is 1.29 bits per heavy atom. The van der Waals surface area contributed by atoms with E-state index in [-0.39, 0.29) is 5.91 Å². The van der Waals surface area contributed by atoms with Gasteiger partial charge < -0.3 is 24.4 Å². The molecule has 9 heteroatoms. The van der Waals surface area contributed by atoms with E-state index in [4.69, 9.17) is 9.26 Å². The third-order valence-electron chi connectivity index (χ3n) is 3.72. The zero-order valence-electron chi connectivity index (χ0n) is 13.9. The standard InChI is InChI=1S/C15H20N6O3/c1-10-11(8-17-24-10)14(22)18-12-9-16-15(19-13(12)20(2)3)21-4-6-23-7-5-21/h8-9H,4-7H2,1-3H3,(H,18,22). The quantitative estimate of drug-likeness (QED) is 0.883. The number of anilines is 3. The van der Waals surface area contributed by atoms with Gasteiger partial charge in [-0.3, -0.25) is 4.79 Å². The Bertz CT molecular complexity index is 724. The summed E-state index contributed by atoms with van der Waals surface area (Å²) in [7, 11) is 3.73. The lowest BCUT2D eigenvalue weighted by molar-refractivity contribution is 0.102. The van der Waals surface area contributed by atoms with E-state index in [0.29, 0.717) is 42.0 Å². The van der Waals surface area contributed by atoms with E-state index in [1.807, 2.05) is 19.0 Å². The second-order valence-corrected chi connectivity index (χ2v) is 5.65. The van der Waals surface area contributed by atoms with Crippen molar-refractivity contribution in [3.8, 4) is 0 Å². The maximum atomic E-state index is 12.3. The minimum absolute atomic E-state index is 0.306. The van der Waals surface area contributed by atoms with E-state index >= 15 is 0 Å². The Kier molecular flexibility index (Phi) is 4.61. The van der Waals surface area contributed by atoms with Crippen LogP contribution >= 0.6 is 0 Å². The number of nitrogens with one attached hydrogen (secondary N) is 1. The van der Waals surface area contributed by atoms with E-state index < -0.39 is 0 Å². The number of carbonyl (C=O) groups is 1. The van der Waals surface area contributed by atoms with Crippen molar-refractivity contribution in [3.63, 3.8) is 0 Å². The van der Waals surface area contributed by atoms with E-state index in [9.17, 15) is 4.79 Å². The molecule has 2 aromatic heterocycles. The van der Waals surface area contributed by atoms with Crippen LogP contribution in [0.3, 0.4) is 0 Å². The lowest BCUT2D eigenvalue weighted by Crippen LogP contribution is -2.37. The maximum absolute atomic E-state index is 12.3. The summed E-state index contributed by atoms with van der Waals surface area (Å²) in [4.78, 5) is 25.2. The molecule has 9 nitrogen and oxygen atoms in total. The molecular formula is C15H20N6O3. The number of hydrogen-bond acceptors (Lipinski definition) is 8. The summed E-state index contributed by atoms with van der Waals surface area (Å²) in [6.45, 7) is 4.50. The van der Waals surface area contributed by atoms with Gasteiger partial charge in [-0.15, -0.1) is 0 Å². The molecule has 0 spiro atoms. The first-order chi connectivity index (χ1) is 11.6. The lowest BCUT2D eigenvalue weighted by Gasteiger charge is -2.28. The highest BCUT2D eigenvalue weighted by Crippen LogP contribution is 2.25. The van der Waals surface area contributed by atoms with Gasteiger partial charge in [-0.2, -0.15) is 4.98 Å². The highest BCUT2D eigenvalue weighted by Gasteiger charge is 2.19. The molecule has 2 aromatic rings. The Balaban J connectivity index is 1.84. The molecule has 3 heterocycles. The number of rotatable bonds is 4. The average Bonchev–Trinajstić information content (AvgIpc) is 3.02. The summed E-state index contributed by atoms with van der Waals surface area (Å²) in [6.07, 6.45) is 3.01. The molecule has 128 valence electrons. The van der Waals surface area contributed by atoms with Crippen molar-refractivity contribution in [1.29, 1.82) is 0 Å². The van der Waals surface area contributed by atoms with Crippen LogP contribution < -0.4 is 15.1 Å². The molecule has 1 saturated heterocycles. The maximum Gasteiger partial charge on any atom is 0.261 e. The molecule has 1 aliphatic heterocycles. The van der Waals surface area contributed by atoms with Gasteiger partial charge >= 0.3 is 0 Å². The fraction of sp³-hybridized carbons (Fsp3) is 0.467. The van der Waals surface area contributed by atoms with Crippen molar-refractivity contribution >= 4 is 23.4 Å². The van der Waals surface area contributed by atoms with Gasteiger partial charge in [0.1, 0.15) is 17.0 Å². The van der Waals surface area contributed by atoms with Gasteiger partial charge in [0.15, 0.2) is 5.82 Å². The molecule has 0 radical (unpaired) electrons. The van der Waals surface area contributed by atoms with Crippen molar-refractivity contribution in [2.45, 2.75) is 6.92 Å². The van der Waals surface area contributed by atoms with Crippen LogP contribution in [0, 0.1) is 6.92 Å². The molecule has 0 bridgehead atoms. The van der Waals surface area contributed by atoms with Crippen molar-refractivity contribution in [1.82, 2.24) is 15.1 Å². The first-order valence-electron chi connectivity index (χ1n) is 7.66. The predicted molar refractivity (Wildman–Crippen MR) is 88.6 cm³/mol. The number of ether oxygens (including phenoxy) is 1. The summed E-state index contributed by atoms with van der Waals surface area (Å²) >= 11 is 0. The molecular weight excluding hydrogens is 312 g/mol. The Morgan fingerprint density at radius 2 is 2.04 bits per heavy atom. The highest BCUT2D eigenvalue weighted by molar-refractivity contribution is 6.06. The van der Waals surface area contributed by atoms with E-state index in [1.165, 1.54) is 6.20 Å². The third kappa shape index (κ3) is 3.30. The van der Waals surface area contributed by atoms with Gasteiger partial charge in [0.05, 0.1) is 25.6 Å². The summed E-state index contributed by atoms with van der Waals surface area (Å²) in [5.74, 6) is 1.42. The molecule has 0 atom stereocenters. The molecule has 3 rings (SSSR count). The summed E-state index contributed by atoms with van der Waals surface area (Å²) in [5, 5.41) is 6.44. The van der Waals surface area contributed by atoms with Crippen LogP contribution in [0.2, 0.25) is 0 Å². The minimum atomic E-state index is -0.306. The molecule has 1 amide bonds. The minimum Gasteiger partial charge on any atom is -0.378 e. The van der Waals surface area contributed by atoms with Gasteiger partial charge in [0.2, 0.25) is 5.95 Å². The fourth-order valence-electron chi connectivity index (χ4n) is 2.41. The van der Waals surface area contributed by atoms with Gasteiger partial charge in [0.25, 0.3) is 5.91 Å². The van der Waals surface area contributed by atoms with Crippen molar-refractivity contribution in [2.75, 3.05) is 55.5 Å². The zero-order chi connectivity index (χ0) is 17.1. The van der Waals surface area contributed by atoms with Gasteiger partial charge in [-0.25, -0.2) is 4.98 Å². The number of carbonyl (C=O) groups excluding carboxylic acids is 1. The van der Waals surface area contributed by atoms with Crippen LogP contribution in [0.1, 0.15) is 16.1 Å². The fourth-order valence-corrected chi connectivity index (χ4v) is 2.41. The molecule has 1 aliphatic rings. The zero-order valence-corrected chi connectivity index (χ0v) is 13.9. The van der Waals surface area contributed by atoms with Crippen LogP contribution in [-0.2, 0) is 4.74 Å². The first kappa shape index (κ1) is 16.2. The summed E-state index contributed by atoms with van der Waals surface area (Å²) < 4.78 is 10.3. The Hall–Kier alpha value is -2.68. The Morgan fingerprint density at radius 3 is 2.67 bits per heavy atom. The largest absolute Gasteiger partial charge is 0.378 e. The predicted octanol–water partition coefficient (Wildman–Crippen LogP) is 0.928. The number of aromatic nitrogens is 3. The monoisotopic (exact) mass is 332 g/mol. The van der Waals surface area contributed by atoms with Gasteiger partial charge in [0, 0.05) is 27.2 Å². The number of nitrogens with zero attached hydrogens (tertiary/aromatic N) is 5. The van der Waals surface area contributed by atoms with Crippen LogP contribution in [0.15, 0.2) is 16.9 Å². The molecule has 24 heavy (non-hydrogen) atoms. The number of aryl methyl sites for hydroxylation is 1. The number of hydrogen-bond donors (Lipinski definition) is 1. The van der Waals surface area contributed by atoms with E-state index in [0.717, 1.165) is 13.1 Å². The smallest absolute Gasteiger partial charge is 0.261 e. The van der Waals surface area contributed by atoms with Gasteiger partial charge in [-0.1, -0.05) is 5.16 Å². The molecule has 1 fully saturated rings. The average molecular weight is 332 g/mol. The van der Waals surface area contributed by atoms with E-state index in [1.54, 1.807) is 13.1 Å². The second-order valence-electron chi connectivity index (χ2n) is 5.65. The second kappa shape index (κ2) is 6.83. The molecule has 0 aliphatic carbocycles. The normalized spacial score (nSPS) is 14.5. The number of amides is 1. The molecule has 0 unspecified atom stereocenters. The Labute approximate surface area is 139 Å². The SMILES string of the molecule is Cc1oncc1C(=O)Nc1cnc(N2CCOCC2)nc1N(C)C. The highest BCUT2D eigenvalue weighted by atomic mass is 16.5. The third-order valence-corrected chi connectivity index (χ3v) is 3.72. The molecule has 0 saturated carbocycles. The van der Waals surface area contributed by atoms with Crippen LogP contribution in [0.5, 0.6) is 0 Å². The topological polar surface area (TPSA) is 96.6 Å². The van der Waals surface area contributed by atoms with Crippen molar-refractivity contribution in [2.24, 2.45) is 0 Å². The summed E-state index contributed by atoms with van der Waals surface area (Å²) in [6, 6.07) is 0. The van der Waals surface area contributed by atoms with Crippen molar-refractivity contribution < 1.29 is 14.1 Å².